The third kappa shape index (κ3) is 21.0. The summed E-state index contributed by atoms with van der Waals surface area (Å²) in [5, 5.41) is 37.8. The quantitative estimate of drug-likeness (QED) is 0.0276. The van der Waals surface area contributed by atoms with E-state index in [0.29, 0.717) is 49.6 Å². The van der Waals surface area contributed by atoms with Gasteiger partial charge in [0.25, 0.3) is 0 Å². The lowest BCUT2D eigenvalue weighted by molar-refractivity contribution is -0.256. The Labute approximate surface area is 463 Å². The molecule has 15 heteroatoms. The van der Waals surface area contributed by atoms with E-state index in [-0.39, 0.29) is 77.0 Å². The molecule has 0 aromatic heterocycles. The number of aliphatic hydroxyl groups is 3. The minimum Gasteiger partial charge on any atom is -0.459 e. The Bertz CT molecular complexity index is 1860. The first-order valence-electron chi connectivity index (χ1n) is 30.8. The number of carbonyl (C=O) groups excluding carboxylic acids is 2. The number of aliphatic hydroxyl groups excluding tert-OH is 3. The summed E-state index contributed by atoms with van der Waals surface area (Å²) in [5.41, 5.74) is 2.38. The van der Waals surface area contributed by atoms with Crippen molar-refractivity contribution in [3.05, 3.63) is 48.1 Å². The van der Waals surface area contributed by atoms with Crippen molar-refractivity contribution < 1.29 is 58.2 Å². The van der Waals surface area contributed by atoms with Crippen molar-refractivity contribution in [1.82, 2.24) is 10.2 Å². The molecule has 0 spiro atoms. The maximum absolute atomic E-state index is 14.9. The molecule has 15 nitrogen and oxygen atoms in total. The first-order chi connectivity index (χ1) is 37.8. The molecule has 2 heterocycles. The number of hydrogen-bond donors (Lipinski definition) is 4. The van der Waals surface area contributed by atoms with Gasteiger partial charge in [-0.2, -0.15) is 0 Å². The van der Waals surface area contributed by atoms with Crippen molar-refractivity contribution >= 4 is 17.9 Å². The summed E-state index contributed by atoms with van der Waals surface area (Å²) in [7, 11) is 0. The molecule has 5 rings (SSSR count). The van der Waals surface area contributed by atoms with Gasteiger partial charge in [-0.05, 0) is 87.0 Å². The number of amides is 2. The topological polar surface area (TPSA) is 187 Å². The van der Waals surface area contributed by atoms with E-state index in [9.17, 15) is 24.9 Å². The first-order valence-corrected chi connectivity index (χ1v) is 30.8. The predicted molar refractivity (Wildman–Crippen MR) is 303 cm³/mol. The monoisotopic (exact) mass is 1080 g/mol. The number of nitrogens with zero attached hydrogens (tertiary/aromatic N) is 2. The minimum atomic E-state index is -1.52. The van der Waals surface area contributed by atoms with E-state index in [1.54, 1.807) is 17.0 Å². The number of ether oxygens (including phenoxy) is 6. The lowest BCUT2D eigenvalue weighted by atomic mass is 9.55. The normalized spacial score (nSPS) is 23.1. The van der Waals surface area contributed by atoms with E-state index >= 15 is 0 Å². The molecule has 7 unspecified atom stereocenters. The van der Waals surface area contributed by atoms with Gasteiger partial charge in [-0.3, -0.25) is 4.90 Å². The van der Waals surface area contributed by atoms with Gasteiger partial charge in [-0.15, -0.1) is 6.58 Å². The zero-order chi connectivity index (χ0) is 54.8. The molecule has 4 aliphatic rings. The van der Waals surface area contributed by atoms with E-state index in [1.165, 1.54) is 83.5 Å². The van der Waals surface area contributed by atoms with Crippen LogP contribution in [0.4, 0.5) is 9.59 Å². The maximum atomic E-state index is 14.9. The van der Waals surface area contributed by atoms with Crippen LogP contribution in [0.15, 0.2) is 47.7 Å². The number of unbranched alkanes of at least 4 members (excludes halogenated alkanes) is 20. The van der Waals surface area contributed by atoms with Gasteiger partial charge >= 0.3 is 12.2 Å². The number of hydrogen-bond acceptors (Lipinski definition) is 13. The standard InChI is InChI=1S/C62H103N3O12/c1-4-7-9-11-13-15-17-19-21-26-36-63-60(69)75-50-34-35-55-53(47-50)58-51(32-24-28-39-67)49(31-23-27-38-66)46-52-54(64-77-57-33-25-30-42-72-57)48-56(62(76-55,59(52)58)74-41-6-3)65(37-44-71-45-40-68)61(70)73-43-29-22-20-18-16-14-12-10-8-5-2/h6,34-35,46-47,49,51,56-59,66-68H,3-5,7-33,36-45,48H2,1-2H3,(H,63,69). The van der Waals surface area contributed by atoms with Crippen LogP contribution in [0.2, 0.25) is 0 Å². The third-order valence-electron chi connectivity index (χ3n) is 16.1. The predicted octanol–water partition coefficient (Wildman–Crippen LogP) is 13.2. The molecule has 0 bridgehead atoms. The van der Waals surface area contributed by atoms with E-state index in [4.69, 9.17) is 38.4 Å². The number of nitrogens with one attached hydrogen (secondary N) is 1. The molecule has 2 aliphatic carbocycles. The van der Waals surface area contributed by atoms with Crippen LogP contribution in [0.3, 0.4) is 0 Å². The fourth-order valence-corrected chi connectivity index (χ4v) is 12.1. The van der Waals surface area contributed by atoms with Gasteiger partial charge in [0, 0.05) is 50.6 Å². The summed E-state index contributed by atoms with van der Waals surface area (Å²) >= 11 is 0. The largest absolute Gasteiger partial charge is 0.459 e. The Morgan fingerprint density at radius 3 is 2.09 bits per heavy atom. The first kappa shape index (κ1) is 64.1. The number of rotatable bonds is 42. The molecular formula is C62H103N3O12. The Morgan fingerprint density at radius 1 is 0.792 bits per heavy atom. The summed E-state index contributed by atoms with van der Waals surface area (Å²) in [6.07, 6.45) is 33.1. The van der Waals surface area contributed by atoms with Crippen LogP contribution in [0.1, 0.15) is 218 Å². The Kier molecular flexibility index (Phi) is 31.6. The number of allylic oxidation sites excluding steroid dienone is 1. The SMILES string of the molecule is C=CCOC12Oc3ccc(OC(=O)NCCCCCCCCCCCC)cc3C3C(CCCCO)C(CCCCO)C=C(C(=NOC4CCCCO4)CC1N(CCOCCO)C(=O)OCCCCCCCCCCCC)C32. The van der Waals surface area contributed by atoms with E-state index in [2.05, 4.69) is 31.8 Å². The summed E-state index contributed by atoms with van der Waals surface area (Å²) in [4.78, 5) is 36.4. The van der Waals surface area contributed by atoms with Crippen molar-refractivity contribution in [2.45, 2.75) is 231 Å². The van der Waals surface area contributed by atoms with Gasteiger partial charge in [-0.1, -0.05) is 160 Å². The van der Waals surface area contributed by atoms with Crippen molar-refractivity contribution in [2.75, 3.05) is 65.9 Å². The zero-order valence-corrected chi connectivity index (χ0v) is 47.8. The molecule has 0 radical (unpaired) electrons. The van der Waals surface area contributed by atoms with Crippen molar-refractivity contribution in [3.8, 4) is 11.5 Å². The Hall–Kier alpha value is -3.73. The highest BCUT2D eigenvalue weighted by atomic mass is 16.8. The molecule has 77 heavy (non-hydrogen) atoms. The molecule has 4 N–H and O–H groups in total. The molecule has 1 aromatic rings. The van der Waals surface area contributed by atoms with E-state index < -0.39 is 36.2 Å². The van der Waals surface area contributed by atoms with Crippen LogP contribution < -0.4 is 14.8 Å². The van der Waals surface area contributed by atoms with Crippen LogP contribution in [0.25, 0.3) is 0 Å². The third-order valence-corrected chi connectivity index (χ3v) is 16.1. The van der Waals surface area contributed by atoms with E-state index in [0.717, 1.165) is 94.6 Å². The second kappa shape index (κ2) is 38.0. The van der Waals surface area contributed by atoms with Crippen molar-refractivity contribution in [3.63, 3.8) is 0 Å². The van der Waals surface area contributed by atoms with Crippen LogP contribution in [0, 0.1) is 17.8 Å². The summed E-state index contributed by atoms with van der Waals surface area (Å²) in [6.45, 7) is 10.3. The maximum Gasteiger partial charge on any atom is 0.412 e. The number of carbonyl (C=O) groups is 2. The Morgan fingerprint density at radius 2 is 1.45 bits per heavy atom. The van der Waals surface area contributed by atoms with Crippen LogP contribution in [0.5, 0.6) is 11.5 Å². The van der Waals surface area contributed by atoms with Crippen LogP contribution in [-0.4, -0.2) is 122 Å². The number of fused-ring (bicyclic) bond motifs is 2. The molecule has 7 atom stereocenters. The highest BCUT2D eigenvalue weighted by Gasteiger charge is 2.65. The summed E-state index contributed by atoms with van der Waals surface area (Å²) in [5.74, 6) is -1.52. The molecule has 2 amide bonds. The number of oxime groups is 1. The minimum absolute atomic E-state index is 0.00941. The van der Waals surface area contributed by atoms with Crippen LogP contribution >= 0.6 is 0 Å². The molecule has 2 aliphatic heterocycles. The van der Waals surface area contributed by atoms with Gasteiger partial charge in [0.2, 0.25) is 12.1 Å². The molecule has 438 valence electrons. The average Bonchev–Trinajstić information content (AvgIpc) is 3.56. The van der Waals surface area contributed by atoms with Gasteiger partial charge in [-0.25, -0.2) is 9.59 Å². The molecule has 2 fully saturated rings. The molecule has 1 saturated heterocycles. The molecule has 1 saturated carbocycles. The van der Waals surface area contributed by atoms with Gasteiger partial charge in [0.15, 0.2) is 0 Å². The van der Waals surface area contributed by atoms with Gasteiger partial charge < -0.3 is 53.9 Å². The Balaban J connectivity index is 1.52. The van der Waals surface area contributed by atoms with Crippen LogP contribution in [-0.2, 0) is 23.8 Å². The fraction of sp³-hybridized carbons (Fsp3) is 0.790. The summed E-state index contributed by atoms with van der Waals surface area (Å²) < 4.78 is 38.7. The average molecular weight is 1080 g/mol. The highest BCUT2D eigenvalue weighted by molar-refractivity contribution is 6.03. The summed E-state index contributed by atoms with van der Waals surface area (Å²) in [6, 6.07) is 4.70. The molecular weight excluding hydrogens is 979 g/mol. The lowest BCUT2D eigenvalue weighted by Gasteiger charge is -2.59. The highest BCUT2D eigenvalue weighted by Crippen LogP contribution is 2.62. The zero-order valence-electron chi connectivity index (χ0n) is 47.8. The van der Waals surface area contributed by atoms with Crippen molar-refractivity contribution in [2.24, 2.45) is 22.9 Å². The molecule has 1 aromatic carbocycles. The van der Waals surface area contributed by atoms with E-state index in [1.807, 2.05) is 12.1 Å². The van der Waals surface area contributed by atoms with Gasteiger partial charge in [0.1, 0.15) is 17.5 Å². The van der Waals surface area contributed by atoms with Gasteiger partial charge in [0.05, 0.1) is 51.3 Å². The second-order valence-corrected chi connectivity index (χ2v) is 22.0. The van der Waals surface area contributed by atoms with Crippen molar-refractivity contribution in [1.29, 1.82) is 0 Å². The number of benzene rings is 1. The second-order valence-electron chi connectivity index (χ2n) is 22.0. The fourth-order valence-electron chi connectivity index (χ4n) is 12.1. The lowest BCUT2D eigenvalue weighted by Crippen LogP contribution is -2.70. The smallest absolute Gasteiger partial charge is 0.412 e.